The van der Waals surface area contributed by atoms with Crippen LogP contribution in [0.3, 0.4) is 0 Å². The van der Waals surface area contributed by atoms with E-state index in [0.717, 1.165) is 5.56 Å². The van der Waals surface area contributed by atoms with E-state index in [-0.39, 0.29) is 5.69 Å². The molecule has 76 valence electrons. The van der Waals surface area contributed by atoms with Crippen LogP contribution in [0.25, 0.3) is 0 Å². The smallest absolute Gasteiger partial charge is 0.273 e. The van der Waals surface area contributed by atoms with Crippen LogP contribution in [0.4, 0.5) is 5.69 Å². The zero-order chi connectivity index (χ0) is 11.4. The maximum Gasteiger partial charge on any atom is 0.273 e. The first kappa shape index (κ1) is 10.9. The van der Waals surface area contributed by atoms with Crippen molar-refractivity contribution in [3.05, 3.63) is 38.9 Å². The van der Waals surface area contributed by atoms with Crippen LogP contribution in [0.1, 0.15) is 16.7 Å². The number of nitrogens with zero attached hydrogens (tertiary/aromatic N) is 1. The van der Waals surface area contributed by atoms with E-state index in [2.05, 4.69) is 11.8 Å². The van der Waals surface area contributed by atoms with Gasteiger partial charge in [-0.15, -0.1) is 0 Å². The van der Waals surface area contributed by atoms with Crippen molar-refractivity contribution < 1.29 is 9.72 Å². The Bertz CT molecular complexity index is 481. The lowest BCUT2D eigenvalue weighted by Gasteiger charge is -2.01. The molecule has 0 saturated heterocycles. The highest BCUT2D eigenvalue weighted by Gasteiger charge is 2.12. The van der Waals surface area contributed by atoms with Gasteiger partial charge in [-0.3, -0.25) is 14.9 Å². The van der Waals surface area contributed by atoms with Crippen LogP contribution in [-0.2, 0) is 4.79 Å². The van der Waals surface area contributed by atoms with Gasteiger partial charge in [-0.1, -0.05) is 5.92 Å². The highest BCUT2D eigenvalue weighted by molar-refractivity contribution is 5.74. The molecular formula is C11H9NO3. The third-order valence-electron chi connectivity index (χ3n) is 2.01. The molecular weight excluding hydrogens is 194 g/mol. The minimum atomic E-state index is -0.457. The molecule has 0 N–H and O–H groups in total. The summed E-state index contributed by atoms with van der Waals surface area (Å²) in [4.78, 5) is 20.3. The Hall–Kier alpha value is -2.15. The van der Waals surface area contributed by atoms with Gasteiger partial charge in [0.1, 0.15) is 0 Å². The van der Waals surface area contributed by atoms with Crippen molar-refractivity contribution in [2.45, 2.75) is 13.8 Å². The number of carbonyl (C=O) groups excluding carboxylic acids is 1. The Morgan fingerprint density at radius 2 is 2.00 bits per heavy atom. The lowest BCUT2D eigenvalue weighted by Crippen LogP contribution is -1.94. The number of aldehydes is 1. The number of carbonyl (C=O) groups is 1. The van der Waals surface area contributed by atoms with E-state index in [0.29, 0.717) is 17.4 Å². The van der Waals surface area contributed by atoms with Gasteiger partial charge in [-0.2, -0.15) is 0 Å². The maximum atomic E-state index is 10.6. The number of nitro groups is 1. The van der Waals surface area contributed by atoms with Gasteiger partial charge in [-0.05, 0) is 31.4 Å². The van der Waals surface area contributed by atoms with Crippen LogP contribution < -0.4 is 0 Å². The van der Waals surface area contributed by atoms with E-state index in [9.17, 15) is 14.9 Å². The van der Waals surface area contributed by atoms with Gasteiger partial charge in [0.25, 0.3) is 5.69 Å². The average molecular weight is 203 g/mol. The fraction of sp³-hybridized carbons (Fsp3) is 0.182. The summed E-state index contributed by atoms with van der Waals surface area (Å²) in [6.45, 7) is 3.47. The zero-order valence-corrected chi connectivity index (χ0v) is 8.40. The summed E-state index contributed by atoms with van der Waals surface area (Å²) in [5, 5.41) is 10.6. The van der Waals surface area contributed by atoms with Crippen LogP contribution in [0.5, 0.6) is 0 Å². The average Bonchev–Trinajstić information content (AvgIpc) is 2.16. The zero-order valence-electron chi connectivity index (χ0n) is 8.40. The molecule has 4 heteroatoms. The van der Waals surface area contributed by atoms with Crippen LogP contribution >= 0.6 is 0 Å². The molecule has 0 aliphatic carbocycles. The quantitative estimate of drug-likeness (QED) is 0.302. The van der Waals surface area contributed by atoms with Crippen molar-refractivity contribution in [2.75, 3.05) is 0 Å². The molecule has 0 amide bonds. The fourth-order valence-corrected chi connectivity index (χ4v) is 1.28. The summed E-state index contributed by atoms with van der Waals surface area (Å²) in [6, 6.07) is 3.08. The van der Waals surface area contributed by atoms with E-state index in [1.54, 1.807) is 19.9 Å². The summed E-state index contributed by atoms with van der Waals surface area (Å²) >= 11 is 0. The Morgan fingerprint density at radius 3 is 2.53 bits per heavy atom. The van der Waals surface area contributed by atoms with Gasteiger partial charge in [-0.25, -0.2) is 0 Å². The maximum absolute atomic E-state index is 10.6. The second-order valence-corrected chi connectivity index (χ2v) is 3.10. The molecule has 0 aliphatic rings. The second-order valence-electron chi connectivity index (χ2n) is 3.10. The summed E-state index contributed by atoms with van der Waals surface area (Å²) < 4.78 is 0. The highest BCUT2D eigenvalue weighted by Crippen LogP contribution is 2.21. The van der Waals surface area contributed by atoms with Gasteiger partial charge in [0.05, 0.1) is 4.92 Å². The SMILES string of the molecule is Cc1cc(C)c([N+](=O)[O-])cc1C#CC=O. The van der Waals surface area contributed by atoms with E-state index in [1.165, 1.54) is 6.07 Å². The Kier molecular flexibility index (Phi) is 3.19. The molecule has 1 aromatic rings. The molecule has 0 radical (unpaired) electrons. The molecule has 0 heterocycles. The molecule has 0 aromatic heterocycles. The van der Waals surface area contributed by atoms with Gasteiger partial charge in [0.15, 0.2) is 6.29 Å². The summed E-state index contributed by atoms with van der Waals surface area (Å²) in [7, 11) is 0. The largest absolute Gasteiger partial charge is 0.289 e. The standard InChI is InChI=1S/C11H9NO3/c1-8-6-9(2)11(12(14)15)7-10(8)4-3-5-13/h5-7H,1-2H3. The van der Waals surface area contributed by atoms with E-state index in [4.69, 9.17) is 0 Å². The number of hydrogen-bond acceptors (Lipinski definition) is 3. The molecule has 1 rings (SSSR count). The van der Waals surface area contributed by atoms with Crippen LogP contribution in [0, 0.1) is 35.8 Å². The van der Waals surface area contributed by atoms with E-state index in [1.807, 2.05) is 0 Å². The molecule has 4 nitrogen and oxygen atoms in total. The number of nitro benzene ring substituents is 1. The molecule has 0 unspecified atom stereocenters. The summed E-state index contributed by atoms with van der Waals surface area (Å²) in [6.07, 6.45) is 0.463. The number of hydrogen-bond donors (Lipinski definition) is 0. The van der Waals surface area contributed by atoms with Crippen LogP contribution in [-0.4, -0.2) is 11.2 Å². The van der Waals surface area contributed by atoms with Gasteiger partial charge >= 0.3 is 0 Å². The van der Waals surface area contributed by atoms with Gasteiger partial charge < -0.3 is 0 Å². The van der Waals surface area contributed by atoms with Crippen molar-refractivity contribution in [1.29, 1.82) is 0 Å². The third kappa shape index (κ3) is 2.41. The first-order valence-corrected chi connectivity index (χ1v) is 4.27. The molecule has 1 aromatic carbocycles. The van der Waals surface area contributed by atoms with E-state index < -0.39 is 4.92 Å². The summed E-state index contributed by atoms with van der Waals surface area (Å²) in [5.74, 6) is 4.80. The molecule has 0 saturated carbocycles. The monoisotopic (exact) mass is 203 g/mol. The topological polar surface area (TPSA) is 60.2 Å². The van der Waals surface area contributed by atoms with Crippen molar-refractivity contribution >= 4 is 12.0 Å². The predicted molar refractivity (Wildman–Crippen MR) is 55.5 cm³/mol. The first-order valence-electron chi connectivity index (χ1n) is 4.27. The van der Waals surface area contributed by atoms with Gasteiger partial charge in [0.2, 0.25) is 0 Å². The Labute approximate surface area is 87.1 Å². The van der Waals surface area contributed by atoms with Crippen molar-refractivity contribution in [3.63, 3.8) is 0 Å². The predicted octanol–water partition coefficient (Wildman–Crippen LogP) is 1.76. The minimum absolute atomic E-state index is 0.0239. The Balaban J connectivity index is 3.35. The van der Waals surface area contributed by atoms with Crippen molar-refractivity contribution in [3.8, 4) is 11.8 Å². The molecule has 0 bridgehead atoms. The number of benzene rings is 1. The first-order chi connectivity index (χ1) is 7.06. The van der Waals surface area contributed by atoms with Crippen molar-refractivity contribution in [2.24, 2.45) is 0 Å². The lowest BCUT2D eigenvalue weighted by atomic mass is 10.0. The second kappa shape index (κ2) is 4.38. The molecule has 0 aliphatic heterocycles. The van der Waals surface area contributed by atoms with Crippen molar-refractivity contribution in [1.82, 2.24) is 0 Å². The molecule has 0 fully saturated rings. The minimum Gasteiger partial charge on any atom is -0.289 e. The fourth-order valence-electron chi connectivity index (χ4n) is 1.28. The number of rotatable bonds is 1. The normalized spacial score (nSPS) is 8.93. The summed E-state index contributed by atoms with van der Waals surface area (Å²) in [5.41, 5.74) is 1.96. The Morgan fingerprint density at radius 1 is 1.33 bits per heavy atom. The third-order valence-corrected chi connectivity index (χ3v) is 2.01. The van der Waals surface area contributed by atoms with E-state index >= 15 is 0 Å². The molecule has 0 spiro atoms. The lowest BCUT2D eigenvalue weighted by molar-refractivity contribution is -0.385. The molecule has 15 heavy (non-hydrogen) atoms. The van der Waals surface area contributed by atoms with Crippen LogP contribution in [0.15, 0.2) is 12.1 Å². The van der Waals surface area contributed by atoms with Gasteiger partial charge in [0, 0.05) is 17.2 Å². The molecule has 0 atom stereocenters. The van der Waals surface area contributed by atoms with Crippen LogP contribution in [0.2, 0.25) is 0 Å². The highest BCUT2D eigenvalue weighted by atomic mass is 16.6. The number of aryl methyl sites for hydroxylation is 2.